The molecule has 16 heavy (non-hydrogen) atoms. The molecule has 0 unspecified atom stereocenters. The van der Waals surface area contributed by atoms with Gasteiger partial charge >= 0.3 is 5.97 Å². The van der Waals surface area contributed by atoms with E-state index in [1.165, 1.54) is 6.92 Å². The second-order valence-electron chi connectivity index (χ2n) is 3.32. The van der Waals surface area contributed by atoms with Crippen molar-refractivity contribution in [2.24, 2.45) is 0 Å². The molecule has 0 atom stereocenters. The smallest absolute Gasteiger partial charge is 0.308 e. The van der Waals surface area contributed by atoms with Gasteiger partial charge in [0, 0.05) is 13.3 Å². The average molecular weight is 220 g/mol. The Labute approximate surface area is 93.2 Å². The lowest BCUT2D eigenvalue weighted by atomic mass is 10.1. The van der Waals surface area contributed by atoms with Crippen LogP contribution in [0.25, 0.3) is 0 Å². The molecule has 0 N–H and O–H groups in total. The summed E-state index contributed by atoms with van der Waals surface area (Å²) in [6.45, 7) is 1.33. The Morgan fingerprint density at radius 1 is 1.25 bits per heavy atom. The molecule has 0 saturated heterocycles. The predicted octanol–water partition coefficient (Wildman–Crippen LogP) is 1.31. The number of ketones is 1. The van der Waals surface area contributed by atoms with Crippen LogP contribution in [0.4, 0.5) is 0 Å². The molecule has 0 heterocycles. The molecular weight excluding hydrogens is 208 g/mol. The van der Waals surface area contributed by atoms with Crippen LogP contribution in [0.3, 0.4) is 0 Å². The van der Waals surface area contributed by atoms with Gasteiger partial charge in [0.15, 0.2) is 12.1 Å². The van der Waals surface area contributed by atoms with Crippen LogP contribution in [0, 0.1) is 0 Å². The van der Waals surface area contributed by atoms with Gasteiger partial charge in [0.05, 0.1) is 0 Å². The van der Waals surface area contributed by atoms with E-state index in [0.717, 1.165) is 5.56 Å². The highest BCUT2D eigenvalue weighted by atomic mass is 16.5. The Morgan fingerprint density at radius 2 is 1.88 bits per heavy atom. The number of hydrogen-bond acceptors (Lipinski definition) is 4. The van der Waals surface area contributed by atoms with Crippen molar-refractivity contribution in [3.63, 3.8) is 0 Å². The second kappa shape index (κ2) is 5.80. The second-order valence-corrected chi connectivity index (χ2v) is 3.32. The zero-order valence-corrected chi connectivity index (χ0v) is 8.93. The molecule has 0 fully saturated rings. The first-order valence-corrected chi connectivity index (χ1v) is 4.87. The van der Waals surface area contributed by atoms with Crippen LogP contribution < -0.4 is 4.74 Å². The zero-order valence-electron chi connectivity index (χ0n) is 8.93. The van der Waals surface area contributed by atoms with E-state index in [2.05, 4.69) is 0 Å². The molecule has 0 saturated carbocycles. The van der Waals surface area contributed by atoms with Crippen molar-refractivity contribution in [1.29, 1.82) is 0 Å². The molecule has 1 aromatic carbocycles. The van der Waals surface area contributed by atoms with Crippen LogP contribution in [-0.2, 0) is 20.8 Å². The number of esters is 1. The maximum absolute atomic E-state index is 10.8. The summed E-state index contributed by atoms with van der Waals surface area (Å²) < 4.78 is 4.85. The highest BCUT2D eigenvalue weighted by molar-refractivity contribution is 6.24. The Morgan fingerprint density at radius 3 is 2.38 bits per heavy atom. The van der Waals surface area contributed by atoms with E-state index >= 15 is 0 Å². The minimum Gasteiger partial charge on any atom is -0.427 e. The van der Waals surface area contributed by atoms with Crippen LogP contribution in [-0.4, -0.2) is 18.0 Å². The van der Waals surface area contributed by atoms with Crippen molar-refractivity contribution in [2.45, 2.75) is 19.8 Å². The Bertz CT molecular complexity index is 392. The topological polar surface area (TPSA) is 60.4 Å². The summed E-state index contributed by atoms with van der Waals surface area (Å²) >= 11 is 0. The van der Waals surface area contributed by atoms with Gasteiger partial charge < -0.3 is 4.74 Å². The van der Waals surface area contributed by atoms with E-state index in [1.807, 2.05) is 0 Å². The normalized spacial score (nSPS) is 9.56. The number of aldehydes is 1. The summed E-state index contributed by atoms with van der Waals surface area (Å²) in [6.07, 6.45) is 1.04. The van der Waals surface area contributed by atoms with Crippen molar-refractivity contribution in [2.75, 3.05) is 0 Å². The van der Waals surface area contributed by atoms with Gasteiger partial charge in [-0.25, -0.2) is 0 Å². The van der Waals surface area contributed by atoms with E-state index < -0.39 is 5.78 Å². The van der Waals surface area contributed by atoms with Crippen LogP contribution in [0.5, 0.6) is 5.75 Å². The summed E-state index contributed by atoms with van der Waals surface area (Å²) in [6, 6.07) is 6.83. The quantitative estimate of drug-likeness (QED) is 0.325. The third-order valence-electron chi connectivity index (χ3n) is 1.98. The first kappa shape index (κ1) is 12.1. The summed E-state index contributed by atoms with van der Waals surface area (Å²) in [5.74, 6) is -0.314. The van der Waals surface area contributed by atoms with Gasteiger partial charge in [0.1, 0.15) is 5.75 Å². The summed E-state index contributed by atoms with van der Waals surface area (Å²) in [4.78, 5) is 31.5. The molecule has 4 heteroatoms. The number of hydrogen-bond donors (Lipinski definition) is 0. The van der Waals surface area contributed by atoms with Crippen LogP contribution >= 0.6 is 0 Å². The van der Waals surface area contributed by atoms with Crippen molar-refractivity contribution < 1.29 is 19.1 Å². The third-order valence-corrected chi connectivity index (χ3v) is 1.98. The fourth-order valence-corrected chi connectivity index (χ4v) is 1.22. The highest BCUT2D eigenvalue weighted by Gasteiger charge is 2.02. The lowest BCUT2D eigenvalue weighted by molar-refractivity contribution is -0.131. The lowest BCUT2D eigenvalue weighted by Gasteiger charge is -2.02. The maximum Gasteiger partial charge on any atom is 0.308 e. The molecule has 84 valence electrons. The van der Waals surface area contributed by atoms with Gasteiger partial charge in [0.25, 0.3) is 0 Å². The van der Waals surface area contributed by atoms with Crippen LogP contribution in [0.1, 0.15) is 18.9 Å². The minimum atomic E-state index is -0.413. The Kier molecular flexibility index (Phi) is 4.39. The number of rotatable bonds is 5. The van der Waals surface area contributed by atoms with E-state index in [1.54, 1.807) is 24.3 Å². The molecule has 0 radical (unpaired) electrons. The molecule has 0 aliphatic heterocycles. The molecule has 0 aliphatic rings. The summed E-state index contributed by atoms with van der Waals surface area (Å²) in [5.41, 5.74) is 0.922. The number of benzene rings is 1. The van der Waals surface area contributed by atoms with E-state index in [0.29, 0.717) is 18.5 Å². The number of aryl methyl sites for hydroxylation is 1. The number of Topliss-reactive ketones (excluding diaryl/α,β-unsaturated/α-hetero) is 1. The van der Waals surface area contributed by atoms with Crippen molar-refractivity contribution >= 4 is 18.0 Å². The summed E-state index contributed by atoms with van der Waals surface area (Å²) in [7, 11) is 0. The number of carbonyl (C=O) groups excluding carboxylic acids is 3. The van der Waals surface area contributed by atoms with Gasteiger partial charge in [-0.1, -0.05) is 12.1 Å². The third kappa shape index (κ3) is 4.04. The SMILES string of the molecule is CC(=O)Oc1ccc(CCC(=O)C=O)cc1. The number of carbonyl (C=O) groups is 3. The van der Waals surface area contributed by atoms with Crippen LogP contribution in [0.2, 0.25) is 0 Å². The standard InChI is InChI=1S/C12H12O4/c1-9(14)16-12-6-3-10(4-7-12)2-5-11(15)8-13/h3-4,6-8H,2,5H2,1H3. The first-order valence-electron chi connectivity index (χ1n) is 4.87. The molecular formula is C12H12O4. The van der Waals surface area contributed by atoms with Gasteiger partial charge in [0.2, 0.25) is 0 Å². The first-order chi connectivity index (χ1) is 7.61. The van der Waals surface area contributed by atoms with E-state index in [-0.39, 0.29) is 12.4 Å². The predicted molar refractivity (Wildman–Crippen MR) is 57.1 cm³/mol. The Balaban J connectivity index is 2.54. The molecule has 0 aliphatic carbocycles. The molecule has 4 nitrogen and oxygen atoms in total. The van der Waals surface area contributed by atoms with Gasteiger partial charge in [-0.2, -0.15) is 0 Å². The molecule has 0 aromatic heterocycles. The highest BCUT2D eigenvalue weighted by Crippen LogP contribution is 2.13. The van der Waals surface area contributed by atoms with Crippen molar-refractivity contribution in [1.82, 2.24) is 0 Å². The van der Waals surface area contributed by atoms with Gasteiger partial charge in [-0.3, -0.25) is 14.4 Å². The fourth-order valence-electron chi connectivity index (χ4n) is 1.22. The number of ether oxygens (including phenoxy) is 1. The molecule has 1 rings (SSSR count). The molecule has 0 amide bonds. The monoisotopic (exact) mass is 220 g/mol. The largest absolute Gasteiger partial charge is 0.427 e. The van der Waals surface area contributed by atoms with E-state index in [9.17, 15) is 14.4 Å². The van der Waals surface area contributed by atoms with E-state index in [4.69, 9.17) is 4.74 Å². The Hall–Kier alpha value is -1.97. The lowest BCUT2D eigenvalue weighted by Crippen LogP contribution is -2.02. The molecule has 1 aromatic rings. The van der Waals surface area contributed by atoms with Crippen molar-refractivity contribution in [3.05, 3.63) is 29.8 Å². The van der Waals surface area contributed by atoms with Gasteiger partial charge in [-0.15, -0.1) is 0 Å². The maximum atomic E-state index is 10.8. The van der Waals surface area contributed by atoms with Crippen LogP contribution in [0.15, 0.2) is 24.3 Å². The molecule has 0 bridgehead atoms. The van der Waals surface area contributed by atoms with Crippen molar-refractivity contribution in [3.8, 4) is 5.75 Å². The fraction of sp³-hybridized carbons (Fsp3) is 0.250. The zero-order chi connectivity index (χ0) is 12.0. The average Bonchev–Trinajstić information content (AvgIpc) is 2.27. The summed E-state index contributed by atoms with van der Waals surface area (Å²) in [5, 5.41) is 0. The van der Waals surface area contributed by atoms with Gasteiger partial charge in [-0.05, 0) is 24.1 Å². The molecule has 0 spiro atoms. The minimum absolute atomic E-state index is 0.205.